The van der Waals surface area contributed by atoms with Gasteiger partial charge in [0.15, 0.2) is 0 Å². The molecule has 6 nitrogen and oxygen atoms in total. The third-order valence-electron chi connectivity index (χ3n) is 4.76. The Morgan fingerprint density at radius 3 is 2.96 bits per heavy atom. The quantitative estimate of drug-likeness (QED) is 0.782. The molecule has 138 valence electrons. The molecular weight excluding hydrogens is 318 g/mol. The van der Waals surface area contributed by atoms with E-state index in [1.165, 1.54) is 7.11 Å². The topological polar surface area (TPSA) is 93.4 Å². The number of rotatable bonds is 3. The van der Waals surface area contributed by atoms with Crippen molar-refractivity contribution in [3.8, 4) is 0 Å². The van der Waals surface area contributed by atoms with E-state index in [1.807, 2.05) is 13.0 Å². The summed E-state index contributed by atoms with van der Waals surface area (Å²) in [6.07, 6.45) is 3.53. The molecule has 0 spiro atoms. The number of fused-ring (bicyclic) bond motifs is 2. The number of ether oxygens (including phenoxy) is 1. The third-order valence-corrected chi connectivity index (χ3v) is 4.76. The molecule has 1 aliphatic rings. The van der Waals surface area contributed by atoms with Crippen LogP contribution in [0.1, 0.15) is 49.8 Å². The molecule has 1 heterocycles. The molecule has 0 aromatic heterocycles. The maximum absolute atomic E-state index is 12.4. The van der Waals surface area contributed by atoms with E-state index in [2.05, 4.69) is 33.6 Å². The standard InChI is InChI=1S/C19H29N3O3/c1-13-5-3-8-17(20)15-7-4-6-14(11-15)12-16(22-18(13)23)9-10-21-19(24)25-2/h4,6-7,11,13,16-17H,3,5,8-10,12,20H2,1-2H3,(H,21,24)(H,22,23)/t13-,16?,17+/m1/s1. The molecular formula is C19H29N3O3. The van der Waals surface area contributed by atoms with E-state index in [0.717, 1.165) is 30.4 Å². The molecule has 0 saturated carbocycles. The Morgan fingerprint density at radius 2 is 2.20 bits per heavy atom. The van der Waals surface area contributed by atoms with Crippen molar-refractivity contribution < 1.29 is 14.3 Å². The monoisotopic (exact) mass is 347 g/mol. The Morgan fingerprint density at radius 1 is 1.40 bits per heavy atom. The van der Waals surface area contributed by atoms with Crippen molar-refractivity contribution in [3.63, 3.8) is 0 Å². The predicted octanol–water partition coefficient (Wildman–Crippen LogP) is 2.28. The molecule has 1 aromatic rings. The number of nitrogens with one attached hydrogen (secondary N) is 2. The molecule has 0 radical (unpaired) electrons. The van der Waals surface area contributed by atoms with Crippen molar-refractivity contribution in [1.29, 1.82) is 0 Å². The van der Waals surface area contributed by atoms with Gasteiger partial charge in [0.2, 0.25) is 5.91 Å². The molecule has 0 aliphatic carbocycles. The predicted molar refractivity (Wildman–Crippen MR) is 97.0 cm³/mol. The smallest absolute Gasteiger partial charge is 0.406 e. The van der Waals surface area contributed by atoms with Crippen LogP contribution >= 0.6 is 0 Å². The first-order valence-corrected chi connectivity index (χ1v) is 8.96. The zero-order valence-electron chi connectivity index (χ0n) is 15.1. The van der Waals surface area contributed by atoms with Gasteiger partial charge in [0.25, 0.3) is 0 Å². The van der Waals surface area contributed by atoms with E-state index >= 15 is 0 Å². The van der Waals surface area contributed by atoms with Crippen molar-refractivity contribution >= 4 is 12.0 Å². The highest BCUT2D eigenvalue weighted by atomic mass is 16.5. The molecule has 6 heteroatoms. The summed E-state index contributed by atoms with van der Waals surface area (Å²) in [5.41, 5.74) is 8.59. The van der Waals surface area contributed by atoms with Crippen molar-refractivity contribution in [3.05, 3.63) is 35.4 Å². The number of amides is 2. The van der Waals surface area contributed by atoms with Crippen LogP contribution in [0.3, 0.4) is 0 Å². The zero-order chi connectivity index (χ0) is 18.2. The zero-order valence-corrected chi connectivity index (χ0v) is 15.1. The lowest BCUT2D eigenvalue weighted by molar-refractivity contribution is -0.125. The van der Waals surface area contributed by atoms with Gasteiger partial charge in [-0.3, -0.25) is 4.79 Å². The fourth-order valence-electron chi connectivity index (χ4n) is 3.17. The van der Waals surface area contributed by atoms with Gasteiger partial charge in [-0.2, -0.15) is 0 Å². The van der Waals surface area contributed by atoms with E-state index in [-0.39, 0.29) is 23.9 Å². The van der Waals surface area contributed by atoms with E-state index in [4.69, 9.17) is 5.73 Å². The fourth-order valence-corrected chi connectivity index (χ4v) is 3.17. The van der Waals surface area contributed by atoms with Crippen LogP contribution < -0.4 is 16.4 Å². The molecule has 2 bridgehead atoms. The normalized spacial score (nSPS) is 24.4. The van der Waals surface area contributed by atoms with Gasteiger partial charge in [0, 0.05) is 24.5 Å². The van der Waals surface area contributed by atoms with Crippen LogP contribution in [0.5, 0.6) is 0 Å². The SMILES string of the molecule is COC(=O)NCCC1Cc2cccc(c2)[C@@H](N)CCC[C@@H](C)C(=O)N1. The van der Waals surface area contributed by atoms with E-state index in [0.29, 0.717) is 19.4 Å². The van der Waals surface area contributed by atoms with Gasteiger partial charge in [-0.05, 0) is 36.8 Å². The third kappa shape index (κ3) is 6.05. The van der Waals surface area contributed by atoms with E-state index in [1.54, 1.807) is 0 Å². The summed E-state index contributed by atoms with van der Waals surface area (Å²) in [6, 6.07) is 8.23. The van der Waals surface area contributed by atoms with Crippen molar-refractivity contribution in [2.24, 2.45) is 11.7 Å². The summed E-state index contributed by atoms with van der Waals surface area (Å²) in [5.74, 6) is 0.0226. The number of methoxy groups -OCH3 is 1. The van der Waals surface area contributed by atoms with Crippen LogP contribution in [-0.2, 0) is 16.0 Å². The molecule has 2 amide bonds. The van der Waals surface area contributed by atoms with Crippen LogP contribution in [0.15, 0.2) is 24.3 Å². The number of alkyl carbamates (subject to hydrolysis) is 1. The van der Waals surface area contributed by atoms with Crippen molar-refractivity contribution in [1.82, 2.24) is 10.6 Å². The first-order chi connectivity index (χ1) is 12.0. The van der Waals surface area contributed by atoms with Gasteiger partial charge in [0.05, 0.1) is 7.11 Å². The second-order valence-corrected chi connectivity index (χ2v) is 6.80. The van der Waals surface area contributed by atoms with Crippen LogP contribution in [0.2, 0.25) is 0 Å². The van der Waals surface area contributed by atoms with Crippen molar-refractivity contribution in [2.45, 2.75) is 51.1 Å². The van der Waals surface area contributed by atoms with Crippen molar-refractivity contribution in [2.75, 3.05) is 13.7 Å². The lowest BCUT2D eigenvalue weighted by Crippen LogP contribution is -2.41. The average molecular weight is 347 g/mol. The van der Waals surface area contributed by atoms with Crippen LogP contribution in [0.25, 0.3) is 0 Å². The molecule has 4 N–H and O–H groups in total. The second-order valence-electron chi connectivity index (χ2n) is 6.80. The molecule has 1 unspecified atom stereocenters. The Labute approximate surface area is 149 Å². The first-order valence-electron chi connectivity index (χ1n) is 8.96. The van der Waals surface area contributed by atoms with Gasteiger partial charge in [-0.15, -0.1) is 0 Å². The van der Waals surface area contributed by atoms with E-state index < -0.39 is 6.09 Å². The number of carbonyl (C=O) groups excluding carboxylic acids is 2. The Hall–Kier alpha value is -2.08. The average Bonchev–Trinajstić information content (AvgIpc) is 2.60. The highest BCUT2D eigenvalue weighted by Gasteiger charge is 2.20. The molecule has 0 fully saturated rings. The first kappa shape index (κ1) is 19.2. The number of hydrogen-bond acceptors (Lipinski definition) is 4. The van der Waals surface area contributed by atoms with Gasteiger partial charge < -0.3 is 21.1 Å². The summed E-state index contributed by atoms with van der Waals surface area (Å²) in [4.78, 5) is 23.7. The number of hydrogen-bond donors (Lipinski definition) is 3. The van der Waals surface area contributed by atoms with Gasteiger partial charge in [-0.1, -0.05) is 37.6 Å². The maximum atomic E-state index is 12.4. The van der Waals surface area contributed by atoms with Gasteiger partial charge in [-0.25, -0.2) is 4.79 Å². The van der Waals surface area contributed by atoms with Crippen LogP contribution in [-0.4, -0.2) is 31.7 Å². The minimum absolute atomic E-state index is 0.00841. The summed E-state index contributed by atoms with van der Waals surface area (Å²) in [7, 11) is 1.34. The maximum Gasteiger partial charge on any atom is 0.406 e. The Bertz CT molecular complexity index is 591. The largest absolute Gasteiger partial charge is 0.453 e. The fraction of sp³-hybridized carbons (Fsp3) is 0.579. The van der Waals surface area contributed by atoms with Gasteiger partial charge in [0.1, 0.15) is 0 Å². The minimum Gasteiger partial charge on any atom is -0.453 e. The molecule has 0 saturated heterocycles. The van der Waals surface area contributed by atoms with E-state index in [9.17, 15) is 9.59 Å². The Balaban J connectivity index is 2.12. The summed E-state index contributed by atoms with van der Waals surface area (Å²) in [5, 5.41) is 5.81. The van der Waals surface area contributed by atoms with Crippen LogP contribution in [0.4, 0.5) is 4.79 Å². The molecule has 3 atom stereocenters. The second kappa shape index (κ2) is 9.42. The highest BCUT2D eigenvalue weighted by Crippen LogP contribution is 2.22. The minimum atomic E-state index is -0.458. The molecule has 1 aromatic carbocycles. The molecule has 1 aliphatic heterocycles. The number of nitrogens with two attached hydrogens (primary N) is 1. The highest BCUT2D eigenvalue weighted by molar-refractivity contribution is 5.78. The molecule has 25 heavy (non-hydrogen) atoms. The lowest BCUT2D eigenvalue weighted by Gasteiger charge is -2.23. The number of carbonyl (C=O) groups is 2. The Kier molecular flexibility index (Phi) is 7.25. The summed E-state index contributed by atoms with van der Waals surface area (Å²) in [6.45, 7) is 2.40. The van der Waals surface area contributed by atoms with Crippen LogP contribution in [0, 0.1) is 5.92 Å². The van der Waals surface area contributed by atoms with Gasteiger partial charge >= 0.3 is 6.09 Å². The molecule has 2 rings (SSSR count). The summed E-state index contributed by atoms with van der Waals surface area (Å²) >= 11 is 0. The lowest BCUT2D eigenvalue weighted by atomic mass is 9.93. The summed E-state index contributed by atoms with van der Waals surface area (Å²) < 4.78 is 4.59. The number of benzene rings is 1.